The van der Waals surface area contributed by atoms with Crippen LogP contribution in [0.5, 0.6) is 11.5 Å². The zero-order chi connectivity index (χ0) is 20.8. The van der Waals surface area contributed by atoms with Crippen molar-refractivity contribution in [1.29, 1.82) is 0 Å². The summed E-state index contributed by atoms with van der Waals surface area (Å²) in [6.07, 6.45) is 2.17. The third-order valence-corrected chi connectivity index (χ3v) is 5.09. The quantitative estimate of drug-likeness (QED) is 0.592. The lowest BCUT2D eigenvalue weighted by Gasteiger charge is -2.34. The van der Waals surface area contributed by atoms with Gasteiger partial charge in [0.1, 0.15) is 11.5 Å². The topological polar surface area (TPSA) is 40.5 Å². The molecule has 0 saturated carbocycles. The van der Waals surface area contributed by atoms with E-state index in [2.05, 4.69) is 54.5 Å². The van der Waals surface area contributed by atoms with Crippen molar-refractivity contribution in [3.63, 3.8) is 0 Å². The Bertz CT molecular complexity index is 723. The van der Waals surface area contributed by atoms with E-state index in [1.807, 2.05) is 31.2 Å². The smallest absolute Gasteiger partial charge is 0.119 e. The lowest BCUT2D eigenvalue weighted by atomic mass is 9.71. The van der Waals surface area contributed by atoms with E-state index in [0.29, 0.717) is 22.8 Å². The molecule has 2 heteroatoms. The fourth-order valence-corrected chi connectivity index (χ4v) is 3.90. The summed E-state index contributed by atoms with van der Waals surface area (Å²) in [5.74, 6) is 1.28. The normalized spacial score (nSPS) is 12.9. The van der Waals surface area contributed by atoms with Gasteiger partial charge in [-0.05, 0) is 65.3 Å². The molecular weight excluding hydrogens is 332 g/mol. The molecule has 2 aromatic carbocycles. The van der Waals surface area contributed by atoms with Gasteiger partial charge in [-0.3, -0.25) is 0 Å². The minimum Gasteiger partial charge on any atom is -0.508 e. The van der Waals surface area contributed by atoms with Crippen LogP contribution < -0.4 is 0 Å². The second-order valence-corrected chi connectivity index (χ2v) is 9.44. The number of phenols is 2. The molecule has 0 amide bonds. The van der Waals surface area contributed by atoms with Crippen LogP contribution in [0.15, 0.2) is 42.5 Å². The molecule has 0 fully saturated rings. The van der Waals surface area contributed by atoms with Crippen LogP contribution in [0.1, 0.15) is 83.9 Å². The first kappa shape index (κ1) is 23.1. The Labute approximate surface area is 166 Å². The van der Waals surface area contributed by atoms with E-state index in [4.69, 9.17) is 0 Å². The molecule has 0 aromatic heterocycles. The Morgan fingerprint density at radius 1 is 0.852 bits per heavy atom. The first-order chi connectivity index (χ1) is 12.4. The summed E-state index contributed by atoms with van der Waals surface area (Å²) in [6.45, 7) is 17.5. The lowest BCUT2D eigenvalue weighted by molar-refractivity contribution is 0.282. The van der Waals surface area contributed by atoms with Gasteiger partial charge < -0.3 is 10.2 Å². The number of hydrogen-bond donors (Lipinski definition) is 2. The van der Waals surface area contributed by atoms with Crippen LogP contribution >= 0.6 is 0 Å². The van der Waals surface area contributed by atoms with Crippen LogP contribution in [0.2, 0.25) is 0 Å². The molecule has 2 nitrogen and oxygen atoms in total. The van der Waals surface area contributed by atoms with Crippen molar-refractivity contribution < 1.29 is 10.2 Å². The highest BCUT2D eigenvalue weighted by Crippen LogP contribution is 2.39. The van der Waals surface area contributed by atoms with Crippen molar-refractivity contribution in [3.05, 3.63) is 59.2 Å². The highest BCUT2D eigenvalue weighted by molar-refractivity contribution is 5.42. The van der Waals surface area contributed by atoms with E-state index >= 15 is 0 Å². The van der Waals surface area contributed by atoms with Gasteiger partial charge in [0.05, 0.1) is 0 Å². The van der Waals surface area contributed by atoms with Crippen molar-refractivity contribution in [2.45, 2.75) is 79.6 Å². The molecule has 0 heterocycles. The number of benzene rings is 2. The third kappa shape index (κ3) is 6.93. The molecule has 27 heavy (non-hydrogen) atoms. The summed E-state index contributed by atoms with van der Waals surface area (Å²) in [7, 11) is 0. The van der Waals surface area contributed by atoms with Crippen LogP contribution in [0, 0.1) is 12.3 Å². The van der Waals surface area contributed by atoms with Gasteiger partial charge in [-0.15, -0.1) is 0 Å². The highest BCUT2D eigenvalue weighted by atomic mass is 16.3. The molecule has 0 radical (unpaired) electrons. The monoisotopic (exact) mass is 370 g/mol. The molecule has 150 valence electrons. The van der Waals surface area contributed by atoms with Crippen molar-refractivity contribution in [2.75, 3.05) is 0 Å². The standard InChI is InChI=1S/C15H24O.C10H14O/c1-11-12(8-7-9-13(11)16)15(5,6)10-14(2,3)4;1-3-8(2)9-6-4-5-7-10(9)11/h7-9,16H,10H2,1-6H3;4-8,11H,3H2,1-2H3. The second-order valence-electron chi connectivity index (χ2n) is 9.44. The molecule has 0 spiro atoms. The van der Waals surface area contributed by atoms with E-state index in [9.17, 15) is 10.2 Å². The van der Waals surface area contributed by atoms with Crippen LogP contribution in [0.3, 0.4) is 0 Å². The van der Waals surface area contributed by atoms with Gasteiger partial charge in [0.2, 0.25) is 0 Å². The Balaban J connectivity index is 0.000000289. The minimum atomic E-state index is 0.0983. The van der Waals surface area contributed by atoms with Gasteiger partial charge in [-0.1, -0.05) is 78.8 Å². The Morgan fingerprint density at radius 3 is 1.93 bits per heavy atom. The first-order valence-corrected chi connectivity index (χ1v) is 9.96. The number of phenolic OH excluding ortho intramolecular Hbond substituents is 2. The predicted molar refractivity (Wildman–Crippen MR) is 117 cm³/mol. The van der Waals surface area contributed by atoms with Crippen molar-refractivity contribution in [3.8, 4) is 11.5 Å². The van der Waals surface area contributed by atoms with Gasteiger partial charge in [-0.2, -0.15) is 0 Å². The number of hydrogen-bond acceptors (Lipinski definition) is 2. The second kappa shape index (κ2) is 9.30. The maximum absolute atomic E-state index is 9.76. The van der Waals surface area contributed by atoms with E-state index in [-0.39, 0.29) is 5.41 Å². The molecule has 0 aliphatic carbocycles. The fourth-order valence-electron chi connectivity index (χ4n) is 3.90. The molecule has 2 aromatic rings. The van der Waals surface area contributed by atoms with Crippen LogP contribution in [-0.4, -0.2) is 10.2 Å². The first-order valence-electron chi connectivity index (χ1n) is 9.96. The van der Waals surface area contributed by atoms with Gasteiger partial charge in [0, 0.05) is 0 Å². The van der Waals surface area contributed by atoms with E-state index in [1.54, 1.807) is 12.1 Å². The predicted octanol–water partition coefficient (Wildman–Crippen LogP) is 7.32. The molecule has 2 N–H and O–H groups in total. The minimum absolute atomic E-state index is 0.0983. The van der Waals surface area contributed by atoms with E-state index in [0.717, 1.165) is 24.0 Å². The third-order valence-electron chi connectivity index (χ3n) is 5.09. The van der Waals surface area contributed by atoms with Gasteiger partial charge in [-0.25, -0.2) is 0 Å². The van der Waals surface area contributed by atoms with Crippen LogP contribution in [-0.2, 0) is 5.41 Å². The highest BCUT2D eigenvalue weighted by Gasteiger charge is 2.28. The largest absolute Gasteiger partial charge is 0.508 e. The summed E-state index contributed by atoms with van der Waals surface area (Å²) in [4.78, 5) is 0. The maximum Gasteiger partial charge on any atom is 0.119 e. The Kier molecular flexibility index (Phi) is 7.95. The Hall–Kier alpha value is -1.96. The van der Waals surface area contributed by atoms with Crippen molar-refractivity contribution in [2.24, 2.45) is 5.41 Å². The van der Waals surface area contributed by atoms with Gasteiger partial charge in [0.15, 0.2) is 0 Å². The average Bonchev–Trinajstić information content (AvgIpc) is 2.55. The molecule has 2 rings (SSSR count). The summed E-state index contributed by atoms with van der Waals surface area (Å²) in [5.41, 5.74) is 3.71. The lowest BCUT2D eigenvalue weighted by Crippen LogP contribution is -2.25. The summed E-state index contributed by atoms with van der Waals surface area (Å²) >= 11 is 0. The molecule has 0 saturated heterocycles. The average molecular weight is 371 g/mol. The molecule has 0 aliphatic rings. The fraction of sp³-hybridized carbons (Fsp3) is 0.520. The Morgan fingerprint density at radius 2 is 1.41 bits per heavy atom. The van der Waals surface area contributed by atoms with Crippen molar-refractivity contribution in [1.82, 2.24) is 0 Å². The zero-order valence-corrected chi connectivity index (χ0v) is 18.4. The number of aromatic hydroxyl groups is 2. The molecule has 1 atom stereocenters. The van der Waals surface area contributed by atoms with Crippen molar-refractivity contribution >= 4 is 0 Å². The van der Waals surface area contributed by atoms with E-state index in [1.165, 1.54) is 5.56 Å². The van der Waals surface area contributed by atoms with Gasteiger partial charge >= 0.3 is 0 Å². The molecule has 0 aliphatic heterocycles. The zero-order valence-electron chi connectivity index (χ0n) is 18.4. The molecule has 1 unspecified atom stereocenters. The van der Waals surface area contributed by atoms with Crippen LogP contribution in [0.25, 0.3) is 0 Å². The molecule has 0 bridgehead atoms. The molecular formula is C25H38O2. The van der Waals surface area contributed by atoms with Gasteiger partial charge in [0.25, 0.3) is 0 Å². The summed E-state index contributed by atoms with van der Waals surface area (Å²) in [5, 5.41) is 19.2. The van der Waals surface area contributed by atoms with E-state index < -0.39 is 0 Å². The van der Waals surface area contributed by atoms with Crippen LogP contribution in [0.4, 0.5) is 0 Å². The summed E-state index contributed by atoms with van der Waals surface area (Å²) in [6, 6.07) is 13.3. The summed E-state index contributed by atoms with van der Waals surface area (Å²) < 4.78 is 0. The number of rotatable bonds is 4. The number of para-hydroxylation sites is 1. The maximum atomic E-state index is 9.76. The SMILES string of the molecule is CCC(C)c1ccccc1O.Cc1c(O)cccc1C(C)(C)CC(C)(C)C.